The molecule has 0 saturated heterocycles. The first-order valence-electron chi connectivity index (χ1n) is 4.35. The highest BCUT2D eigenvalue weighted by Crippen LogP contribution is 2.05. The molecule has 0 atom stereocenters. The van der Waals surface area contributed by atoms with E-state index in [2.05, 4.69) is 15.8 Å². The molecule has 1 rings (SSSR count). The largest absolute Gasteiger partial charge is 0.286 e. The maximum atomic E-state index is 10.5. The van der Waals surface area contributed by atoms with Crippen molar-refractivity contribution in [2.45, 2.75) is 32.6 Å². The smallest absolute Gasteiger partial charge is 0.235 e. The molecule has 0 radical (unpaired) electrons. The van der Waals surface area contributed by atoms with E-state index in [0.717, 1.165) is 31.6 Å². The number of hydrogen-bond acceptors (Lipinski definition) is 3. The summed E-state index contributed by atoms with van der Waals surface area (Å²) in [5.74, 6) is 0.824. The minimum Gasteiger partial charge on any atom is -0.286 e. The van der Waals surface area contributed by atoms with Crippen molar-refractivity contribution in [3.8, 4) is 0 Å². The van der Waals surface area contributed by atoms with Crippen LogP contribution in [0.4, 0.5) is 0 Å². The van der Waals surface area contributed by atoms with Gasteiger partial charge in [-0.25, -0.2) is 0 Å². The quantitative estimate of drug-likeness (QED) is 0.522. The number of amides is 1. The van der Waals surface area contributed by atoms with Crippen LogP contribution < -0.4 is 10.9 Å². The molecule has 0 saturated carbocycles. The Balaban J connectivity index is 2.28. The lowest BCUT2D eigenvalue weighted by Gasteiger charge is -2.07. The summed E-state index contributed by atoms with van der Waals surface area (Å²) >= 11 is 0. The fourth-order valence-electron chi connectivity index (χ4n) is 1.14. The molecule has 0 aromatic heterocycles. The Morgan fingerprint density at radius 1 is 1.42 bits per heavy atom. The molecule has 0 unspecified atom stereocenters. The van der Waals surface area contributed by atoms with E-state index in [9.17, 15) is 4.79 Å². The monoisotopic (exact) mass is 169 g/mol. The highest BCUT2D eigenvalue weighted by atomic mass is 16.2. The SMILES string of the molecule is CC(=O)NNC1=NCCCCC1. The molecule has 4 nitrogen and oxygen atoms in total. The van der Waals surface area contributed by atoms with E-state index in [1.54, 1.807) is 0 Å². The molecule has 0 bridgehead atoms. The van der Waals surface area contributed by atoms with Crippen LogP contribution in [0.5, 0.6) is 0 Å². The Labute approximate surface area is 72.4 Å². The maximum absolute atomic E-state index is 10.5. The van der Waals surface area contributed by atoms with E-state index < -0.39 is 0 Å². The topological polar surface area (TPSA) is 53.5 Å². The third-order valence-corrected chi connectivity index (χ3v) is 1.76. The normalized spacial score (nSPS) is 17.6. The molecule has 12 heavy (non-hydrogen) atoms. The van der Waals surface area contributed by atoms with Gasteiger partial charge in [0.25, 0.3) is 0 Å². The number of hydrogen-bond donors (Lipinski definition) is 2. The zero-order valence-corrected chi connectivity index (χ0v) is 7.39. The summed E-state index contributed by atoms with van der Waals surface area (Å²) in [6.45, 7) is 2.35. The number of nitrogens with one attached hydrogen (secondary N) is 2. The van der Waals surface area contributed by atoms with Gasteiger partial charge in [-0.1, -0.05) is 6.42 Å². The van der Waals surface area contributed by atoms with Crippen LogP contribution in [0.1, 0.15) is 32.6 Å². The van der Waals surface area contributed by atoms with Crippen molar-refractivity contribution in [1.29, 1.82) is 0 Å². The van der Waals surface area contributed by atoms with Gasteiger partial charge in [0.2, 0.25) is 5.91 Å². The Morgan fingerprint density at radius 2 is 2.25 bits per heavy atom. The van der Waals surface area contributed by atoms with Crippen molar-refractivity contribution < 1.29 is 4.79 Å². The van der Waals surface area contributed by atoms with Gasteiger partial charge in [-0.3, -0.25) is 20.6 Å². The van der Waals surface area contributed by atoms with Crippen molar-refractivity contribution in [2.75, 3.05) is 6.54 Å². The molecule has 0 spiro atoms. The number of hydrazine groups is 1. The van der Waals surface area contributed by atoms with Crippen molar-refractivity contribution in [1.82, 2.24) is 10.9 Å². The number of amidine groups is 1. The van der Waals surface area contributed by atoms with Gasteiger partial charge in [0.05, 0.1) is 0 Å². The van der Waals surface area contributed by atoms with Gasteiger partial charge in [-0.05, 0) is 12.8 Å². The molecule has 1 amide bonds. The Bertz CT molecular complexity index is 189. The van der Waals surface area contributed by atoms with Crippen molar-refractivity contribution in [3.05, 3.63) is 0 Å². The first-order valence-corrected chi connectivity index (χ1v) is 4.35. The highest BCUT2D eigenvalue weighted by molar-refractivity contribution is 5.85. The molecule has 1 aliphatic rings. The fraction of sp³-hybridized carbons (Fsp3) is 0.750. The van der Waals surface area contributed by atoms with Crippen molar-refractivity contribution in [2.24, 2.45) is 4.99 Å². The molecular weight excluding hydrogens is 154 g/mol. The third kappa shape index (κ3) is 3.37. The van der Waals surface area contributed by atoms with E-state index in [-0.39, 0.29) is 5.91 Å². The van der Waals surface area contributed by atoms with Crippen molar-refractivity contribution in [3.63, 3.8) is 0 Å². The molecule has 0 aliphatic carbocycles. The van der Waals surface area contributed by atoms with Gasteiger partial charge in [0, 0.05) is 19.9 Å². The zero-order valence-electron chi connectivity index (χ0n) is 7.39. The number of carbonyl (C=O) groups excluding carboxylic acids is 1. The lowest BCUT2D eigenvalue weighted by atomic mass is 10.2. The van der Waals surface area contributed by atoms with Gasteiger partial charge in [-0.2, -0.15) is 0 Å². The number of rotatable bonds is 0. The lowest BCUT2D eigenvalue weighted by molar-refractivity contribution is -0.119. The molecule has 0 aromatic carbocycles. The summed E-state index contributed by atoms with van der Waals surface area (Å²) in [5, 5.41) is 0. The Hall–Kier alpha value is -1.06. The average Bonchev–Trinajstić information content (AvgIpc) is 2.28. The Morgan fingerprint density at radius 3 is 3.00 bits per heavy atom. The first kappa shape index (κ1) is 9.03. The van der Waals surface area contributed by atoms with Crippen LogP contribution in [-0.4, -0.2) is 18.3 Å². The standard InChI is InChI=1S/C8H15N3O/c1-7(12)10-11-8-5-3-2-4-6-9-8/h2-6H2,1H3,(H,9,11)(H,10,12). The molecule has 0 fully saturated rings. The average molecular weight is 169 g/mol. The minimum atomic E-state index is -0.0815. The maximum Gasteiger partial charge on any atom is 0.235 e. The summed E-state index contributed by atoms with van der Waals surface area (Å²) in [4.78, 5) is 14.8. The lowest BCUT2D eigenvalue weighted by Crippen LogP contribution is -2.40. The van der Waals surface area contributed by atoms with Crippen LogP contribution in [0.2, 0.25) is 0 Å². The Kier molecular flexibility index (Phi) is 3.57. The highest BCUT2D eigenvalue weighted by Gasteiger charge is 2.02. The number of nitrogens with zero attached hydrogens (tertiary/aromatic N) is 1. The van der Waals surface area contributed by atoms with E-state index in [4.69, 9.17) is 0 Å². The summed E-state index contributed by atoms with van der Waals surface area (Å²) in [6, 6.07) is 0. The molecule has 4 heteroatoms. The molecule has 1 aliphatic heterocycles. The third-order valence-electron chi connectivity index (χ3n) is 1.76. The predicted molar refractivity (Wildman–Crippen MR) is 47.7 cm³/mol. The van der Waals surface area contributed by atoms with Crippen LogP contribution in [0.15, 0.2) is 4.99 Å². The van der Waals surface area contributed by atoms with Crippen molar-refractivity contribution >= 4 is 11.7 Å². The van der Waals surface area contributed by atoms with Crippen LogP contribution in [-0.2, 0) is 4.79 Å². The summed E-state index contributed by atoms with van der Waals surface area (Å²) < 4.78 is 0. The van der Waals surface area contributed by atoms with Gasteiger partial charge < -0.3 is 0 Å². The second-order valence-corrected chi connectivity index (χ2v) is 2.95. The number of carbonyl (C=O) groups is 1. The van der Waals surface area contributed by atoms with Crippen LogP contribution in [0.25, 0.3) is 0 Å². The number of aliphatic imine (C=N–C) groups is 1. The summed E-state index contributed by atoms with van der Waals surface area (Å²) in [7, 11) is 0. The second-order valence-electron chi connectivity index (χ2n) is 2.95. The minimum absolute atomic E-state index is 0.0815. The van der Waals surface area contributed by atoms with Gasteiger partial charge in [0.1, 0.15) is 5.84 Å². The van der Waals surface area contributed by atoms with Crippen LogP contribution in [0.3, 0.4) is 0 Å². The second kappa shape index (κ2) is 4.74. The fourth-order valence-corrected chi connectivity index (χ4v) is 1.14. The zero-order chi connectivity index (χ0) is 8.81. The first-order chi connectivity index (χ1) is 5.79. The summed E-state index contributed by atoms with van der Waals surface area (Å²) in [6.07, 6.45) is 4.49. The van der Waals surface area contributed by atoms with E-state index >= 15 is 0 Å². The summed E-state index contributed by atoms with van der Waals surface area (Å²) in [5.41, 5.74) is 5.33. The van der Waals surface area contributed by atoms with Gasteiger partial charge in [-0.15, -0.1) is 0 Å². The van der Waals surface area contributed by atoms with Gasteiger partial charge in [0.15, 0.2) is 0 Å². The van der Waals surface area contributed by atoms with Gasteiger partial charge >= 0.3 is 0 Å². The predicted octanol–water partition coefficient (Wildman–Crippen LogP) is 0.600. The molecule has 2 N–H and O–H groups in total. The van der Waals surface area contributed by atoms with E-state index in [0.29, 0.717) is 0 Å². The van der Waals surface area contributed by atoms with E-state index in [1.165, 1.54) is 13.3 Å². The molecule has 1 heterocycles. The van der Waals surface area contributed by atoms with Crippen LogP contribution in [0, 0.1) is 0 Å². The molecule has 68 valence electrons. The van der Waals surface area contributed by atoms with E-state index in [1.807, 2.05) is 0 Å². The molecular formula is C8H15N3O. The molecule has 0 aromatic rings. The van der Waals surface area contributed by atoms with Crippen LogP contribution >= 0.6 is 0 Å².